The molecule has 0 aromatic carbocycles. The second-order valence-corrected chi connectivity index (χ2v) is 33.2. The Hall–Kier alpha value is -2.58. The summed E-state index contributed by atoms with van der Waals surface area (Å²) in [6.07, 6.45) is 4.35. The van der Waals surface area contributed by atoms with E-state index in [1.165, 1.54) is 64.2 Å². The minimum atomic E-state index is -2.05. The Morgan fingerprint density at radius 2 is 1.23 bits per heavy atom. The number of carboxylic acids is 3. The highest BCUT2D eigenvalue weighted by molar-refractivity contribution is 5.95. The molecule has 86 heavy (non-hydrogen) atoms. The number of carbonyl (C=O) groups excluding carboxylic acids is 1. The fraction of sp³-hybridized carbons (Fsp3) is 0.913. The minimum Gasteiger partial charge on any atom is -0.481 e. The lowest BCUT2D eigenvalue weighted by molar-refractivity contribution is -0.371. The van der Waals surface area contributed by atoms with Crippen molar-refractivity contribution >= 4 is 23.7 Å². The number of rotatable bonds is 12. The van der Waals surface area contributed by atoms with Crippen LogP contribution in [0.2, 0.25) is 0 Å². The lowest BCUT2D eigenvalue weighted by atomic mass is 9.33. The first-order chi connectivity index (χ1) is 40.0. The summed E-state index contributed by atoms with van der Waals surface area (Å²) in [5.74, 6) is 2.02. The quantitative estimate of drug-likeness (QED) is 0.0822. The summed E-state index contributed by atoms with van der Waals surface area (Å²) >= 11 is 0. The van der Waals surface area contributed by atoms with Gasteiger partial charge in [0, 0.05) is 5.92 Å². The van der Waals surface area contributed by atoms with Crippen LogP contribution in [0.25, 0.3) is 0 Å². The number of allylic oxidation sites excluding steroid dienone is 2. The standard InChI is InChI=1S/C42H62O16.C27H48O/c1-37(2)21-8-11-42(7)31(20(43)16-18-19-17-39(4,36(53)54)13-12-38(19,3)14-15-41(18,42)6)40(21,5)10-9-22(37)55-35-30(26(47)25(46)29(57-35)33(51)52)58-34-27(48)23(44)24(45)28(56-34)32(49)50;1-18(2)7-6-8-19(3)23-11-12-24-22-10-9-20-17-21(28)13-15-26(20,4)25(22)14-16-27(23,24)5/h16,19,21-31,34-35,44-48H,8-15,17H2,1-7H3,(H,49,50)(H,51,52)(H,53,54);18-25,28H,6-17H2,1-5H3/t19-,21-,22-,23-,24-,25-,26-,27+,28-,29-,30+,31+,34-,35-,38+,39-,40-,41+,42+;19-,20+,21-,22+,23-,24+,25+,26+,27-/m01/s1. The average Bonchev–Trinajstić information content (AvgIpc) is 0.764. The molecule has 10 fully saturated rings. The van der Waals surface area contributed by atoms with Crippen LogP contribution >= 0.6 is 0 Å². The van der Waals surface area contributed by atoms with Gasteiger partial charge in [-0.15, -0.1) is 0 Å². The summed E-state index contributed by atoms with van der Waals surface area (Å²) in [6, 6.07) is 0. The van der Waals surface area contributed by atoms with Gasteiger partial charge in [0.05, 0.1) is 17.6 Å². The Bertz CT molecular complexity index is 2570. The van der Waals surface area contributed by atoms with Crippen LogP contribution in [0.4, 0.5) is 0 Å². The Balaban J connectivity index is 0.000000244. The van der Waals surface area contributed by atoms with Crippen molar-refractivity contribution in [3.05, 3.63) is 11.6 Å². The Kier molecular flexibility index (Phi) is 18.1. The molecule has 0 unspecified atom stereocenters. The Labute approximate surface area is 511 Å². The SMILES string of the molecule is CC(C)CCC[C@@H](C)[C@H]1CC[C@H]2[C@@H]3CC[C@H]4C[C@H](O)CC[C@]4(C)[C@H]3CC[C@]12C.CC1(C)[C@@H](O[C@H]2O[C@H](C(=O)O)[C@@H](O)[C@H](O)[C@H]2O[C@@H]2O[C@H](C(=O)O)[C@@H](O)[C@H](O)[C@H]2O)CC[C@]2(C)[C@H]3C(=O)C=C4[C@@H]5C[C@@](C)(C(=O)O)CC[C@]5(C)CC[C@@]4(C)[C@]3(C)CC[C@@H]12. The fourth-order valence-corrected chi connectivity index (χ4v) is 22.6. The van der Waals surface area contributed by atoms with Gasteiger partial charge in [-0.1, -0.05) is 101 Å². The van der Waals surface area contributed by atoms with E-state index in [2.05, 4.69) is 62.3 Å². The number of aliphatic hydroxyl groups excluding tert-OH is 6. The monoisotopic (exact) mass is 1210 g/mol. The first-order valence-electron chi connectivity index (χ1n) is 33.7. The van der Waals surface area contributed by atoms with Crippen molar-refractivity contribution in [2.45, 2.75) is 292 Å². The van der Waals surface area contributed by atoms with E-state index in [1.807, 2.05) is 26.8 Å². The van der Waals surface area contributed by atoms with Crippen LogP contribution in [0.15, 0.2) is 11.6 Å². The molecule has 9 N–H and O–H groups in total. The van der Waals surface area contributed by atoms with Crippen molar-refractivity contribution in [3.8, 4) is 0 Å². The third kappa shape index (κ3) is 10.7. The highest BCUT2D eigenvalue weighted by Gasteiger charge is 2.71. The second kappa shape index (κ2) is 23.5. The molecule has 17 nitrogen and oxygen atoms in total. The normalized spacial score (nSPS) is 51.5. The molecule has 0 spiro atoms. The first-order valence-corrected chi connectivity index (χ1v) is 33.7. The van der Waals surface area contributed by atoms with Crippen molar-refractivity contribution < 1.29 is 84.1 Å². The van der Waals surface area contributed by atoms with Crippen LogP contribution in [-0.2, 0) is 38.1 Å². The molecule has 9 aliphatic carbocycles. The van der Waals surface area contributed by atoms with Crippen molar-refractivity contribution in [3.63, 3.8) is 0 Å². The third-order valence-corrected chi connectivity index (χ3v) is 28.1. The van der Waals surface area contributed by atoms with E-state index in [9.17, 15) is 65.1 Å². The van der Waals surface area contributed by atoms with Crippen LogP contribution in [0.5, 0.6) is 0 Å². The number of hydrogen-bond acceptors (Lipinski definition) is 14. The van der Waals surface area contributed by atoms with Gasteiger partial charge in [0.15, 0.2) is 30.6 Å². The van der Waals surface area contributed by atoms with E-state index in [4.69, 9.17) is 18.9 Å². The molecular weight excluding hydrogens is 1100 g/mol. The summed E-state index contributed by atoms with van der Waals surface area (Å²) in [6.45, 7) is 27.5. The number of ether oxygens (including phenoxy) is 4. The molecule has 11 rings (SSSR count). The third-order valence-electron chi connectivity index (χ3n) is 28.1. The predicted molar refractivity (Wildman–Crippen MR) is 319 cm³/mol. The highest BCUT2D eigenvalue weighted by Crippen LogP contribution is 2.76. The van der Waals surface area contributed by atoms with Crippen molar-refractivity contribution in [1.29, 1.82) is 0 Å². The van der Waals surface area contributed by atoms with Gasteiger partial charge in [-0.2, -0.15) is 0 Å². The average molecular weight is 1210 g/mol. The fourth-order valence-electron chi connectivity index (χ4n) is 22.6. The molecule has 0 amide bonds. The molecule has 0 aromatic rings. The molecule has 17 heteroatoms. The summed E-state index contributed by atoms with van der Waals surface area (Å²) < 4.78 is 23.4. The number of aliphatic carboxylic acids is 3. The first kappa shape index (κ1) is 66.3. The van der Waals surface area contributed by atoms with Gasteiger partial charge in [-0.25, -0.2) is 9.59 Å². The van der Waals surface area contributed by atoms with Crippen LogP contribution in [0.1, 0.15) is 218 Å². The summed E-state index contributed by atoms with van der Waals surface area (Å²) in [5, 5.41) is 93.2. The molecule has 8 saturated carbocycles. The molecule has 2 saturated heterocycles. The van der Waals surface area contributed by atoms with E-state index >= 15 is 0 Å². The summed E-state index contributed by atoms with van der Waals surface area (Å²) in [7, 11) is 0. The maximum atomic E-state index is 14.8. The number of aliphatic hydroxyl groups is 6. The van der Waals surface area contributed by atoms with Crippen LogP contribution in [0.3, 0.4) is 0 Å². The lowest BCUT2D eigenvalue weighted by Crippen LogP contribution is -2.68. The van der Waals surface area contributed by atoms with Crippen LogP contribution < -0.4 is 0 Å². The van der Waals surface area contributed by atoms with Gasteiger partial charge >= 0.3 is 17.9 Å². The van der Waals surface area contributed by atoms with Crippen molar-refractivity contribution in [2.75, 3.05) is 0 Å². The van der Waals surface area contributed by atoms with Gasteiger partial charge in [-0.05, 0) is 220 Å². The molecule has 0 radical (unpaired) electrons. The molecule has 28 atom stereocenters. The van der Waals surface area contributed by atoms with Gasteiger partial charge in [0.1, 0.15) is 36.6 Å². The topological polar surface area (TPSA) is 287 Å². The van der Waals surface area contributed by atoms with E-state index in [0.717, 1.165) is 91.9 Å². The number of carbonyl (C=O) groups is 4. The summed E-state index contributed by atoms with van der Waals surface area (Å²) in [4.78, 5) is 51.3. The number of carboxylic acid groups (broad SMARTS) is 3. The molecule has 488 valence electrons. The van der Waals surface area contributed by atoms with Crippen molar-refractivity contribution in [1.82, 2.24) is 0 Å². The minimum absolute atomic E-state index is 0.00830. The zero-order valence-electron chi connectivity index (χ0n) is 53.9. The zero-order valence-corrected chi connectivity index (χ0v) is 53.9. The lowest BCUT2D eigenvalue weighted by Gasteiger charge is -2.70. The van der Waals surface area contributed by atoms with E-state index in [1.54, 1.807) is 0 Å². The van der Waals surface area contributed by atoms with Crippen LogP contribution in [-0.4, -0.2) is 143 Å². The molecule has 0 aromatic heterocycles. The van der Waals surface area contributed by atoms with Crippen molar-refractivity contribution in [2.24, 2.45) is 102 Å². The van der Waals surface area contributed by atoms with Crippen LogP contribution in [0, 0.1) is 102 Å². The van der Waals surface area contributed by atoms with E-state index in [0.29, 0.717) is 36.5 Å². The second-order valence-electron chi connectivity index (χ2n) is 33.2. The Morgan fingerprint density at radius 3 is 1.88 bits per heavy atom. The molecule has 2 aliphatic heterocycles. The smallest absolute Gasteiger partial charge is 0.335 e. The van der Waals surface area contributed by atoms with Gasteiger partial charge in [0.2, 0.25) is 0 Å². The highest BCUT2D eigenvalue weighted by atomic mass is 16.8. The molecule has 2 heterocycles. The zero-order chi connectivity index (χ0) is 63.0. The van der Waals surface area contributed by atoms with E-state index in [-0.39, 0.29) is 40.5 Å². The maximum absolute atomic E-state index is 14.8. The summed E-state index contributed by atoms with van der Waals surface area (Å²) in [5.41, 5.74) is -0.657. The Morgan fingerprint density at radius 1 is 0.616 bits per heavy atom. The molecule has 11 aliphatic rings. The maximum Gasteiger partial charge on any atom is 0.335 e. The van der Waals surface area contributed by atoms with Gasteiger partial charge in [0.25, 0.3) is 0 Å². The van der Waals surface area contributed by atoms with E-state index < -0.39 is 107 Å². The van der Waals surface area contributed by atoms with Gasteiger partial charge < -0.3 is 64.9 Å². The number of ketones is 1. The predicted octanol–water partition coefficient (Wildman–Crippen LogP) is 9.71. The van der Waals surface area contributed by atoms with Gasteiger partial charge in [-0.3, -0.25) is 9.59 Å². The number of fused-ring (bicyclic) bond motifs is 12. The molecule has 0 bridgehead atoms. The number of hydrogen-bond donors (Lipinski definition) is 9. The largest absolute Gasteiger partial charge is 0.481 e. The molecular formula is C69H110O17.